The maximum absolute atomic E-state index is 10.9. The summed E-state index contributed by atoms with van der Waals surface area (Å²) in [6, 6.07) is 3.36. The lowest BCUT2D eigenvalue weighted by molar-refractivity contribution is -0.385. The van der Waals surface area contributed by atoms with Gasteiger partial charge in [-0.15, -0.1) is 0 Å². The van der Waals surface area contributed by atoms with Crippen molar-refractivity contribution >= 4 is 17.3 Å². The molecule has 8 nitrogen and oxygen atoms in total. The van der Waals surface area contributed by atoms with Gasteiger partial charge in [0.15, 0.2) is 11.5 Å². The molecular weight excluding hydrogens is 250 g/mol. The molecule has 0 spiro atoms. The molecule has 1 saturated carbocycles. The number of hydrogen-bond acceptors (Lipinski definition) is 6. The van der Waals surface area contributed by atoms with E-state index in [1.165, 1.54) is 6.07 Å². The topological polar surface area (TPSA) is 118 Å². The van der Waals surface area contributed by atoms with Gasteiger partial charge in [0.05, 0.1) is 4.92 Å². The molecule has 8 heteroatoms. The molecule has 0 aromatic carbocycles. The normalized spacial score (nSPS) is 15.3. The van der Waals surface area contributed by atoms with Crippen molar-refractivity contribution in [3.63, 3.8) is 0 Å². The van der Waals surface area contributed by atoms with E-state index in [4.69, 9.17) is 10.9 Å². The van der Waals surface area contributed by atoms with Crippen LogP contribution in [0, 0.1) is 10.1 Å². The molecule has 0 radical (unpaired) electrons. The molecule has 0 aliphatic heterocycles. The van der Waals surface area contributed by atoms with Gasteiger partial charge in [-0.1, -0.05) is 5.16 Å². The zero-order valence-electron chi connectivity index (χ0n) is 10.5. The average molecular weight is 265 g/mol. The molecular formula is C11H15N5O3. The summed E-state index contributed by atoms with van der Waals surface area (Å²) in [6.07, 6.45) is 2.18. The first-order chi connectivity index (χ1) is 9.08. The largest absolute Gasteiger partial charge is 0.409 e. The first-order valence-electron chi connectivity index (χ1n) is 5.98. The molecule has 0 unspecified atom stereocenters. The van der Waals surface area contributed by atoms with E-state index in [0.29, 0.717) is 11.9 Å². The maximum Gasteiger partial charge on any atom is 0.298 e. The molecule has 2 rings (SSSR count). The van der Waals surface area contributed by atoms with Gasteiger partial charge in [0.25, 0.3) is 5.69 Å². The van der Waals surface area contributed by atoms with E-state index >= 15 is 0 Å². The van der Waals surface area contributed by atoms with Crippen LogP contribution >= 0.6 is 0 Å². The quantitative estimate of drug-likeness (QED) is 0.270. The number of rotatable bonds is 5. The summed E-state index contributed by atoms with van der Waals surface area (Å²) in [5, 5.41) is 22.4. The molecule has 1 aromatic heterocycles. The summed E-state index contributed by atoms with van der Waals surface area (Å²) in [5.74, 6) is 0.248. The van der Waals surface area contributed by atoms with Crippen LogP contribution in [0.2, 0.25) is 0 Å². The van der Waals surface area contributed by atoms with E-state index in [2.05, 4.69) is 15.0 Å². The van der Waals surface area contributed by atoms with Crippen LogP contribution in [0.1, 0.15) is 25.5 Å². The van der Waals surface area contributed by atoms with Gasteiger partial charge in [0, 0.05) is 18.7 Å². The minimum atomic E-state index is -0.600. The highest BCUT2D eigenvalue weighted by Gasteiger charge is 2.30. The van der Waals surface area contributed by atoms with Gasteiger partial charge in [0.1, 0.15) is 5.82 Å². The Morgan fingerprint density at radius 3 is 2.84 bits per heavy atom. The van der Waals surface area contributed by atoms with E-state index in [0.717, 1.165) is 19.4 Å². The zero-order chi connectivity index (χ0) is 14.0. The predicted octanol–water partition coefficient (Wildman–Crippen LogP) is 1.07. The standard InChI is InChI=1S/C11H15N5O3/c1-2-15(7-3-4-7)9-6-5-8(16(18)19)10(13-9)11(12)14-17/h5-7,17H,2-4H2,1H3,(H2,12,14). The van der Waals surface area contributed by atoms with Crippen LogP contribution in [0.4, 0.5) is 11.5 Å². The van der Waals surface area contributed by atoms with Crippen LogP contribution in [-0.2, 0) is 0 Å². The van der Waals surface area contributed by atoms with Crippen LogP contribution in [0.25, 0.3) is 0 Å². The molecule has 3 N–H and O–H groups in total. The lowest BCUT2D eigenvalue weighted by Gasteiger charge is -2.21. The van der Waals surface area contributed by atoms with Crippen molar-refractivity contribution in [2.45, 2.75) is 25.8 Å². The lowest BCUT2D eigenvalue weighted by Crippen LogP contribution is -2.27. The van der Waals surface area contributed by atoms with E-state index in [-0.39, 0.29) is 17.2 Å². The Morgan fingerprint density at radius 2 is 2.37 bits per heavy atom. The highest BCUT2D eigenvalue weighted by Crippen LogP contribution is 2.31. The van der Waals surface area contributed by atoms with Gasteiger partial charge in [-0.05, 0) is 25.8 Å². The Hall–Kier alpha value is -2.38. The number of nitrogens with two attached hydrogens (primary N) is 1. The van der Waals surface area contributed by atoms with Crippen LogP contribution < -0.4 is 10.6 Å². The van der Waals surface area contributed by atoms with Crippen molar-refractivity contribution in [2.24, 2.45) is 10.9 Å². The fourth-order valence-electron chi connectivity index (χ4n) is 1.98. The van der Waals surface area contributed by atoms with Crippen LogP contribution in [-0.4, -0.2) is 33.5 Å². The molecule has 102 valence electrons. The van der Waals surface area contributed by atoms with Gasteiger partial charge in [-0.25, -0.2) is 4.98 Å². The maximum atomic E-state index is 10.9. The molecule has 1 aliphatic carbocycles. The Balaban J connectivity index is 2.45. The Labute approximate surface area is 109 Å². The third-order valence-corrected chi connectivity index (χ3v) is 3.03. The molecule has 1 fully saturated rings. The number of nitro groups is 1. The van der Waals surface area contributed by atoms with Gasteiger partial charge >= 0.3 is 0 Å². The summed E-state index contributed by atoms with van der Waals surface area (Å²) in [6.45, 7) is 2.75. The van der Waals surface area contributed by atoms with Crippen molar-refractivity contribution in [3.05, 3.63) is 27.9 Å². The van der Waals surface area contributed by atoms with Crippen molar-refractivity contribution in [3.8, 4) is 0 Å². The fourth-order valence-corrected chi connectivity index (χ4v) is 1.98. The fraction of sp³-hybridized carbons (Fsp3) is 0.455. The Kier molecular flexibility index (Phi) is 3.50. The van der Waals surface area contributed by atoms with Crippen molar-refractivity contribution in [1.29, 1.82) is 0 Å². The monoisotopic (exact) mass is 265 g/mol. The van der Waals surface area contributed by atoms with Gasteiger partial charge in [0.2, 0.25) is 0 Å². The first kappa shape index (κ1) is 13.1. The van der Waals surface area contributed by atoms with E-state index in [1.54, 1.807) is 6.07 Å². The van der Waals surface area contributed by atoms with E-state index in [1.807, 2.05) is 6.92 Å². The molecule has 19 heavy (non-hydrogen) atoms. The molecule has 1 aliphatic rings. The second-order valence-electron chi connectivity index (χ2n) is 4.30. The summed E-state index contributed by atoms with van der Waals surface area (Å²) >= 11 is 0. The number of hydrogen-bond donors (Lipinski definition) is 2. The number of pyridine rings is 1. The minimum Gasteiger partial charge on any atom is -0.409 e. The third-order valence-electron chi connectivity index (χ3n) is 3.03. The molecule has 0 saturated heterocycles. The van der Waals surface area contributed by atoms with E-state index in [9.17, 15) is 10.1 Å². The molecule has 1 heterocycles. The number of oxime groups is 1. The molecule has 0 atom stereocenters. The number of nitrogens with zero attached hydrogens (tertiary/aromatic N) is 4. The molecule has 0 bridgehead atoms. The van der Waals surface area contributed by atoms with Crippen molar-refractivity contribution in [2.75, 3.05) is 11.4 Å². The number of anilines is 1. The first-order valence-corrected chi connectivity index (χ1v) is 5.98. The van der Waals surface area contributed by atoms with Crippen molar-refractivity contribution in [1.82, 2.24) is 4.98 Å². The highest BCUT2D eigenvalue weighted by atomic mass is 16.6. The summed E-state index contributed by atoms with van der Waals surface area (Å²) in [5.41, 5.74) is 5.07. The molecule has 0 amide bonds. The molecule has 1 aromatic rings. The third kappa shape index (κ3) is 2.56. The second kappa shape index (κ2) is 5.09. The van der Waals surface area contributed by atoms with Crippen LogP contribution in [0.5, 0.6) is 0 Å². The Bertz CT molecular complexity index is 527. The summed E-state index contributed by atoms with van der Waals surface area (Å²) in [4.78, 5) is 16.5. The van der Waals surface area contributed by atoms with Crippen LogP contribution in [0.3, 0.4) is 0 Å². The van der Waals surface area contributed by atoms with Gasteiger partial charge in [-0.2, -0.15) is 0 Å². The SMILES string of the molecule is CCN(c1ccc([N+](=O)[O-])c(/C(N)=N/O)n1)C1CC1. The summed E-state index contributed by atoms with van der Waals surface area (Å²) < 4.78 is 0. The van der Waals surface area contributed by atoms with Crippen molar-refractivity contribution < 1.29 is 10.1 Å². The zero-order valence-corrected chi connectivity index (χ0v) is 10.5. The van der Waals surface area contributed by atoms with E-state index < -0.39 is 4.92 Å². The number of amidine groups is 1. The number of aromatic nitrogens is 1. The lowest BCUT2D eigenvalue weighted by atomic mass is 10.2. The average Bonchev–Trinajstić information content (AvgIpc) is 3.23. The highest BCUT2D eigenvalue weighted by molar-refractivity contribution is 5.99. The predicted molar refractivity (Wildman–Crippen MR) is 69.4 cm³/mol. The van der Waals surface area contributed by atoms with Gasteiger partial charge < -0.3 is 15.8 Å². The second-order valence-corrected chi connectivity index (χ2v) is 4.30. The van der Waals surface area contributed by atoms with Crippen LogP contribution in [0.15, 0.2) is 17.3 Å². The van der Waals surface area contributed by atoms with Gasteiger partial charge in [-0.3, -0.25) is 10.1 Å². The Morgan fingerprint density at radius 1 is 1.68 bits per heavy atom. The summed E-state index contributed by atoms with van der Waals surface area (Å²) in [7, 11) is 0. The minimum absolute atomic E-state index is 0.107. The smallest absolute Gasteiger partial charge is 0.298 e.